The Labute approximate surface area is 888 Å². The molecule has 0 atom stereocenters. The number of nitrogens with zero attached hydrogens (tertiary/aromatic N) is 11. The summed E-state index contributed by atoms with van der Waals surface area (Å²) >= 11 is 8.98. The van der Waals surface area contributed by atoms with Crippen molar-refractivity contribution in [3.05, 3.63) is 274 Å². The number of aliphatic carboxylic acids is 2. The van der Waals surface area contributed by atoms with E-state index in [1.165, 1.54) is 59.5 Å². The number of carbonyl (C=O) groups excluding carboxylic acids is 9. The van der Waals surface area contributed by atoms with Gasteiger partial charge in [-0.2, -0.15) is 49.5 Å². The van der Waals surface area contributed by atoms with Gasteiger partial charge in [0.15, 0.2) is 45.9 Å². The van der Waals surface area contributed by atoms with Gasteiger partial charge < -0.3 is 83.7 Å². The van der Waals surface area contributed by atoms with Gasteiger partial charge >= 0.3 is 90.2 Å². The van der Waals surface area contributed by atoms with E-state index in [1.54, 1.807) is 240 Å². The maximum atomic E-state index is 12.4. The molecule has 0 spiro atoms. The zero-order chi connectivity index (χ0) is 108. The van der Waals surface area contributed by atoms with Crippen molar-refractivity contribution in [1.82, 2.24) is 35.5 Å². The number of amides is 1. The van der Waals surface area contributed by atoms with Gasteiger partial charge in [-0.25, -0.2) is 42.8 Å². The van der Waals surface area contributed by atoms with E-state index >= 15 is 0 Å². The molecule has 4 aromatic carbocycles. The van der Waals surface area contributed by atoms with Crippen molar-refractivity contribution in [3.63, 3.8) is 0 Å². The molecule has 0 aliphatic rings. The number of halogens is 6. The SMILES string of the molecule is C.CC(=O)O.CC(=O)c1ccco1.CC(C)(C)OC(=O)C(=O)/C=C(\[O-])c1ccco1.CC(C)(C)OC(=O)C(=O)OC(C)(C)C.CC(C)(C)OC(=O)c1cc(-c2ccco2)n(-c2cccc(C#N)c2)n1.C[Si](C)(C)[N-][Si](C)(C)C.Cl.N.N#Cc1cccc(-n2nc(C(=O)O)cc2-c2ccco2)c1.N#Cc1cccc(-n2nc(C(N)=O)cc2-c2ccco2)c1.N#Cc1cccc(CN)c1.O=C(Cl)C(=O)Cl.O=C(O)C(F)(F)F.[Li+].[Li+]. The Bertz CT molecular complexity index is 6260. The largest absolute Gasteiger partial charge is 1.00 e. The number of benzene rings is 4. The fourth-order valence-electron chi connectivity index (χ4n) is 10.2. The smallest absolute Gasteiger partial charge is 0.870 e. The summed E-state index contributed by atoms with van der Waals surface area (Å²) < 4.78 is 86.6. The standard InChI is InChI=1S/C19H17N3O3.C15H10N4O2.C15H9N3O3.C12H14O5.C10H18O4.C8H8N2.C6H18NSi2.C6H6O2.C2Cl2O2.C2HF3O2.C2H4O2.CH4.ClH.2Li.H3N/c1-19(2,3)25-18(23)15-11-16(17-8-5-9-24-17)22(21-15)14-7-4-6-13(10-14)12-20;16-9-10-3-1-4-11(7-10)19-13(14-5-2-6-21-14)8-12(18-19)15(17)20;16-9-10-3-1-4-11(7-10)18-13(14-5-2-6-21-14)8-12(17-18)15(19)20;1-12(2,3)17-11(15)9(14)7-8(13)10-5-4-6-16-10;1-9(2,3)13-7(11)8(12)14-10(4,5)6;9-5-7-2-1-3-8(4-7)6-10;1-8(2,3)7-9(4,5)6;1-5(7)6-3-2-4-8-6;3-1(5)2(4)6;3-2(4,5)1(6)7;1-2(3)4;;;;;/h4-11H,1-3H3;1-8H,(H2,17,20);1-8H,(H,19,20);4-7,13H,1-3H3;1-6H3;1-4H,5,9H2;1-6H3;2-4H,1H3;;(H,6,7);1H3,(H,3,4);1H4;1H;;;1H3/q;;;;;;-1;;;;;;;2*+1;/p-1/b;;;8-7-;;;;;;;;;;;;. The second kappa shape index (κ2) is 64.7. The van der Waals surface area contributed by atoms with Crippen LogP contribution in [0.4, 0.5) is 13.2 Å². The summed E-state index contributed by atoms with van der Waals surface area (Å²) in [5.74, 6) is -8.48. The van der Waals surface area contributed by atoms with Crippen molar-refractivity contribution in [2.75, 3.05) is 0 Å². The molecule has 0 aliphatic carbocycles. The van der Waals surface area contributed by atoms with Crippen LogP contribution in [-0.2, 0) is 63.8 Å². The molecule has 0 bridgehead atoms. The zero-order valence-corrected chi connectivity index (χ0v) is 88.1. The molecule has 0 radical (unpaired) electrons. The number of ether oxygens (including phenoxy) is 4. The average molecular weight is 2120 g/mol. The molecule has 1 amide bonds. The topological polar surface area (TPSA) is 641 Å². The van der Waals surface area contributed by atoms with Gasteiger partial charge in [0.1, 0.15) is 45.2 Å². The molecule has 0 fully saturated rings. The molecule has 0 unspecified atom stereocenters. The minimum absolute atomic E-state index is 0. The number of carbonyl (C=O) groups is 12. The van der Waals surface area contributed by atoms with E-state index in [0.717, 1.165) is 12.5 Å². The van der Waals surface area contributed by atoms with E-state index in [0.29, 0.717) is 92.1 Å². The van der Waals surface area contributed by atoms with Crippen molar-refractivity contribution >= 4 is 128 Å². The van der Waals surface area contributed by atoms with Crippen LogP contribution in [0.1, 0.15) is 180 Å². The molecule has 147 heavy (non-hydrogen) atoms. The molecular weight excluding hydrogens is 2010 g/mol. The first-order valence-corrected chi connectivity index (χ1v) is 49.1. The summed E-state index contributed by atoms with van der Waals surface area (Å²) in [7, 11) is -2.21. The summed E-state index contributed by atoms with van der Waals surface area (Å²) in [6.07, 6.45) is 2.94. The van der Waals surface area contributed by atoms with Crippen molar-refractivity contribution in [3.8, 4) is 75.7 Å². The summed E-state index contributed by atoms with van der Waals surface area (Å²) in [5, 5.41) is 80.9. The Morgan fingerprint density at radius 1 is 0.463 bits per heavy atom. The number of primary amides is 1. The number of nitrogens with two attached hydrogens (primary N) is 2. The summed E-state index contributed by atoms with van der Waals surface area (Å²) in [5.41, 5.74) is 14.8. The molecule has 8 aromatic heterocycles. The minimum Gasteiger partial charge on any atom is -0.870 e. The number of aromatic nitrogens is 6. The Kier molecular flexibility index (Phi) is 60.9. The monoisotopic (exact) mass is 2120 g/mol. The fourth-order valence-corrected chi connectivity index (χ4v) is 18.2. The zero-order valence-electron chi connectivity index (χ0n) is 83.8. The van der Waals surface area contributed by atoms with Gasteiger partial charge in [0.05, 0.1) is 94.9 Å². The van der Waals surface area contributed by atoms with E-state index in [2.05, 4.69) is 89.9 Å². The molecule has 10 N–H and O–H groups in total. The summed E-state index contributed by atoms with van der Waals surface area (Å²) in [4.78, 5) is 127. The molecule has 49 heteroatoms. The normalized spacial score (nSPS) is 10.4. The molecule has 0 aliphatic heterocycles. The number of rotatable bonds is 17. The predicted octanol–water partition coefficient (Wildman–Crippen LogP) is 13.3. The number of hydrogen-bond acceptors (Lipinski definition) is 31. The van der Waals surface area contributed by atoms with Crippen LogP contribution in [0.15, 0.2) is 235 Å². The van der Waals surface area contributed by atoms with Crippen LogP contribution in [0.5, 0.6) is 0 Å². The maximum Gasteiger partial charge on any atom is 1.00 e. The van der Waals surface area contributed by atoms with Gasteiger partial charge in [-0.05, 0) is 245 Å². The second-order valence-electron chi connectivity index (χ2n) is 34.3. The molecule has 776 valence electrons. The third kappa shape index (κ3) is 55.6. The van der Waals surface area contributed by atoms with Crippen LogP contribution >= 0.6 is 35.6 Å². The van der Waals surface area contributed by atoms with E-state index in [9.17, 15) is 66.2 Å². The van der Waals surface area contributed by atoms with Crippen LogP contribution in [0.25, 0.3) is 61.8 Å². The molecule has 12 rings (SSSR count). The number of carboxylic acid groups (broad SMARTS) is 3. The Balaban J connectivity index is -0.000000788. The van der Waals surface area contributed by atoms with Crippen LogP contribution in [0.3, 0.4) is 0 Å². The quantitative estimate of drug-likeness (QED) is 0.00720. The molecule has 0 saturated heterocycles. The molecule has 39 nitrogen and oxygen atoms in total. The van der Waals surface area contributed by atoms with Crippen molar-refractivity contribution in [2.24, 2.45) is 11.5 Å². The summed E-state index contributed by atoms with van der Waals surface area (Å²) in [6.45, 7) is 37.3. The number of hydrogen-bond donors (Lipinski definition) is 6. The number of aromatic carboxylic acids is 1. The Morgan fingerprint density at radius 2 is 0.755 bits per heavy atom. The van der Waals surface area contributed by atoms with Crippen LogP contribution in [-0.4, -0.2) is 159 Å². The number of esters is 4. The third-order valence-electron chi connectivity index (χ3n) is 15.0. The second-order valence-corrected chi connectivity index (χ2v) is 44.6. The number of nitriles is 4. The molecule has 12 aromatic rings. The molecular formula is C98H112Cl3F3Li2N14O25Si2. The first-order chi connectivity index (χ1) is 65.7. The number of ketones is 2. The van der Waals surface area contributed by atoms with E-state index < -0.39 is 115 Å². The Morgan fingerprint density at radius 3 is 1.01 bits per heavy atom. The first kappa shape index (κ1) is 138. The van der Waals surface area contributed by atoms with Crippen LogP contribution in [0.2, 0.25) is 39.3 Å². The number of carboxylic acids is 3. The number of alkyl halides is 3. The minimum atomic E-state index is -5.08. The number of Topliss-reactive ketones (excluding diaryl/α,β-unsaturated/α-hetero) is 1. The van der Waals surface area contributed by atoms with E-state index in [1.807, 2.05) is 24.3 Å². The van der Waals surface area contributed by atoms with Crippen LogP contribution < -0.4 is 60.4 Å². The Hall–Kier alpha value is -15.0. The van der Waals surface area contributed by atoms with Gasteiger partial charge in [-0.1, -0.05) is 99.3 Å². The van der Waals surface area contributed by atoms with Gasteiger partial charge in [-0.15, -0.1) is 12.4 Å². The van der Waals surface area contributed by atoms with E-state index in [-0.39, 0.29) is 92.3 Å². The number of furan rings is 5. The van der Waals surface area contributed by atoms with Crippen molar-refractivity contribution in [1.29, 1.82) is 21.0 Å². The fraction of sp³-hybridized carbons (Fsp3) is 0.276. The van der Waals surface area contributed by atoms with Gasteiger partial charge in [-0.3, -0.25) is 28.8 Å². The maximum absolute atomic E-state index is 12.4. The third-order valence-corrected chi connectivity index (χ3v) is 20.8. The summed E-state index contributed by atoms with van der Waals surface area (Å²) in [6, 6.07) is 57.4. The van der Waals surface area contributed by atoms with Gasteiger partial charge in [0, 0.05) is 38.6 Å². The molecule has 8 heterocycles. The van der Waals surface area contributed by atoms with Crippen molar-refractivity contribution in [2.45, 2.75) is 179 Å². The molecule has 0 saturated carbocycles. The first-order valence-electron chi connectivity index (χ1n) is 41.5. The van der Waals surface area contributed by atoms with E-state index in [4.69, 9.17) is 103 Å². The predicted molar refractivity (Wildman–Crippen MR) is 533 cm³/mol. The van der Waals surface area contributed by atoms with Crippen LogP contribution in [0, 0.1) is 45.3 Å². The van der Waals surface area contributed by atoms with Gasteiger partial charge in [0.2, 0.25) is 0 Å². The van der Waals surface area contributed by atoms with Crippen molar-refractivity contribution < 1.29 is 170 Å². The average Bonchev–Trinajstić information content (AvgIpc) is 1.66. The van der Waals surface area contributed by atoms with Gasteiger partial charge in [0.25, 0.3) is 17.7 Å².